The van der Waals surface area contributed by atoms with Crippen LogP contribution in [-0.4, -0.2) is 23.1 Å². The van der Waals surface area contributed by atoms with E-state index in [2.05, 4.69) is 34.6 Å². The molecule has 0 aliphatic heterocycles. The van der Waals surface area contributed by atoms with Crippen molar-refractivity contribution in [2.45, 2.75) is 62.8 Å². The molecule has 2 aliphatic carbocycles. The smallest absolute Gasteiger partial charge is 0.119 e. The number of nitrogens with two attached hydrogens (primary N) is 1. The second-order valence-corrected chi connectivity index (χ2v) is 7.45. The first kappa shape index (κ1) is 16.6. The van der Waals surface area contributed by atoms with Gasteiger partial charge in [-0.25, -0.2) is 0 Å². The fourth-order valence-electron chi connectivity index (χ4n) is 3.80. The third-order valence-electron chi connectivity index (χ3n) is 5.45. The molecule has 2 aromatic rings. The van der Waals surface area contributed by atoms with Crippen molar-refractivity contribution < 1.29 is 4.74 Å². The molecule has 25 heavy (non-hydrogen) atoms. The number of nitrogens with zero attached hydrogens (tertiary/aromatic N) is 1. The van der Waals surface area contributed by atoms with Gasteiger partial charge in [0.05, 0.1) is 0 Å². The van der Waals surface area contributed by atoms with E-state index in [0.29, 0.717) is 30.7 Å². The van der Waals surface area contributed by atoms with Gasteiger partial charge in [-0.05, 0) is 55.9 Å². The highest BCUT2D eigenvalue weighted by Crippen LogP contribution is 2.42. The second-order valence-electron chi connectivity index (χ2n) is 7.45. The normalized spacial score (nSPS) is 28.5. The molecule has 2 unspecified atom stereocenters. The Morgan fingerprint density at radius 1 is 1.08 bits per heavy atom. The number of pyridine rings is 1. The Morgan fingerprint density at radius 2 is 1.88 bits per heavy atom. The molecule has 2 fully saturated rings. The first-order valence-corrected chi connectivity index (χ1v) is 9.41. The maximum absolute atomic E-state index is 5.99. The predicted molar refractivity (Wildman–Crippen MR) is 99.5 cm³/mol. The minimum atomic E-state index is 0.423. The number of benzene rings is 1. The molecular weight excluding hydrogens is 310 g/mol. The third kappa shape index (κ3) is 4.39. The maximum Gasteiger partial charge on any atom is 0.119 e. The summed E-state index contributed by atoms with van der Waals surface area (Å²) in [5.41, 5.74) is 8.50. The zero-order valence-corrected chi connectivity index (χ0v) is 14.6. The van der Waals surface area contributed by atoms with Crippen LogP contribution in [0, 0.1) is 0 Å². The van der Waals surface area contributed by atoms with E-state index in [1.54, 1.807) is 6.20 Å². The van der Waals surface area contributed by atoms with Gasteiger partial charge >= 0.3 is 0 Å². The van der Waals surface area contributed by atoms with E-state index in [-0.39, 0.29) is 0 Å². The van der Waals surface area contributed by atoms with Crippen molar-refractivity contribution in [3.05, 3.63) is 59.9 Å². The maximum atomic E-state index is 5.99. The lowest BCUT2D eigenvalue weighted by molar-refractivity contribution is 0.305. The number of rotatable bonds is 6. The van der Waals surface area contributed by atoms with Gasteiger partial charge in [-0.3, -0.25) is 4.98 Å². The molecule has 0 amide bonds. The van der Waals surface area contributed by atoms with E-state index in [1.165, 1.54) is 24.8 Å². The van der Waals surface area contributed by atoms with E-state index >= 15 is 0 Å². The Balaban J connectivity index is 1.25. The Bertz CT molecular complexity index is 665. The van der Waals surface area contributed by atoms with Crippen LogP contribution in [-0.2, 0) is 6.61 Å². The first-order chi connectivity index (χ1) is 12.3. The average Bonchev–Trinajstić information content (AvgIpc) is 3.42. The summed E-state index contributed by atoms with van der Waals surface area (Å²) in [5, 5.41) is 3.83. The standard InChI is InChI=1S/C21H27N3O/c22-17-5-7-18(8-6-17)24-21-12-20(21)16-3-9-19(10-4-16)25-14-15-2-1-11-23-13-15/h1-4,9-11,13,17-18,20-21,24H,5-8,12,14,22H2. The molecule has 2 saturated carbocycles. The number of nitrogens with one attached hydrogen (secondary N) is 1. The molecule has 4 rings (SSSR count). The lowest BCUT2D eigenvalue weighted by atomic mass is 9.92. The molecule has 1 aromatic heterocycles. The summed E-state index contributed by atoms with van der Waals surface area (Å²) >= 11 is 0. The molecule has 1 aromatic carbocycles. The summed E-state index contributed by atoms with van der Waals surface area (Å²) in [6.45, 7) is 0.560. The molecule has 2 atom stereocenters. The lowest BCUT2D eigenvalue weighted by Gasteiger charge is -2.27. The molecule has 4 heteroatoms. The van der Waals surface area contributed by atoms with E-state index in [0.717, 1.165) is 24.2 Å². The van der Waals surface area contributed by atoms with Crippen LogP contribution in [0.15, 0.2) is 48.8 Å². The molecule has 0 radical (unpaired) electrons. The van der Waals surface area contributed by atoms with Gasteiger partial charge in [0, 0.05) is 42.0 Å². The van der Waals surface area contributed by atoms with Gasteiger partial charge in [0.1, 0.15) is 12.4 Å². The van der Waals surface area contributed by atoms with Crippen molar-refractivity contribution in [2.75, 3.05) is 0 Å². The number of hydrogen-bond acceptors (Lipinski definition) is 4. The highest BCUT2D eigenvalue weighted by molar-refractivity contribution is 5.34. The van der Waals surface area contributed by atoms with Gasteiger partial charge in [-0.2, -0.15) is 0 Å². The fourth-order valence-corrected chi connectivity index (χ4v) is 3.80. The van der Waals surface area contributed by atoms with Crippen molar-refractivity contribution in [3.8, 4) is 5.75 Å². The molecule has 1 heterocycles. The summed E-state index contributed by atoms with van der Waals surface area (Å²) in [5.74, 6) is 1.57. The Morgan fingerprint density at radius 3 is 2.60 bits per heavy atom. The fraction of sp³-hybridized carbons (Fsp3) is 0.476. The number of ether oxygens (including phenoxy) is 1. The quantitative estimate of drug-likeness (QED) is 0.848. The Hall–Kier alpha value is -1.91. The van der Waals surface area contributed by atoms with Gasteiger partial charge in [-0.15, -0.1) is 0 Å². The van der Waals surface area contributed by atoms with E-state index < -0.39 is 0 Å². The molecule has 2 aliphatic rings. The summed E-state index contributed by atoms with van der Waals surface area (Å²) in [4.78, 5) is 4.11. The van der Waals surface area contributed by atoms with Gasteiger partial charge in [0.15, 0.2) is 0 Å². The second kappa shape index (κ2) is 7.54. The minimum absolute atomic E-state index is 0.423. The van der Waals surface area contributed by atoms with Crippen molar-refractivity contribution in [2.24, 2.45) is 5.73 Å². The lowest BCUT2D eigenvalue weighted by Crippen LogP contribution is -2.38. The molecule has 132 valence electrons. The topological polar surface area (TPSA) is 60.2 Å². The van der Waals surface area contributed by atoms with Crippen LogP contribution in [0.25, 0.3) is 0 Å². The first-order valence-electron chi connectivity index (χ1n) is 9.41. The van der Waals surface area contributed by atoms with Crippen molar-refractivity contribution >= 4 is 0 Å². The Kier molecular flexibility index (Phi) is 4.99. The molecule has 3 N–H and O–H groups in total. The SMILES string of the molecule is NC1CCC(NC2CC2c2ccc(OCc3cccnc3)cc2)CC1. The van der Waals surface area contributed by atoms with Crippen LogP contribution in [0.4, 0.5) is 0 Å². The summed E-state index contributed by atoms with van der Waals surface area (Å²) < 4.78 is 5.84. The summed E-state index contributed by atoms with van der Waals surface area (Å²) in [6, 6.07) is 14.3. The molecule has 0 spiro atoms. The van der Waals surface area contributed by atoms with Crippen LogP contribution >= 0.6 is 0 Å². The minimum Gasteiger partial charge on any atom is -0.489 e. The molecule has 0 saturated heterocycles. The molecular formula is C21H27N3O. The highest BCUT2D eigenvalue weighted by atomic mass is 16.5. The van der Waals surface area contributed by atoms with Crippen molar-refractivity contribution in [1.29, 1.82) is 0 Å². The van der Waals surface area contributed by atoms with E-state index in [1.807, 2.05) is 18.3 Å². The molecule has 4 nitrogen and oxygen atoms in total. The van der Waals surface area contributed by atoms with Crippen molar-refractivity contribution in [3.63, 3.8) is 0 Å². The third-order valence-corrected chi connectivity index (χ3v) is 5.45. The van der Waals surface area contributed by atoms with Crippen LogP contribution in [0.2, 0.25) is 0 Å². The zero-order chi connectivity index (χ0) is 17.1. The summed E-state index contributed by atoms with van der Waals surface area (Å²) in [7, 11) is 0. The van der Waals surface area contributed by atoms with Crippen LogP contribution in [0.5, 0.6) is 5.75 Å². The molecule has 0 bridgehead atoms. The van der Waals surface area contributed by atoms with E-state index in [4.69, 9.17) is 10.5 Å². The number of aromatic nitrogens is 1. The average molecular weight is 337 g/mol. The van der Waals surface area contributed by atoms with E-state index in [9.17, 15) is 0 Å². The van der Waals surface area contributed by atoms with Crippen LogP contribution in [0.1, 0.15) is 49.1 Å². The van der Waals surface area contributed by atoms with Crippen LogP contribution in [0.3, 0.4) is 0 Å². The number of hydrogen-bond donors (Lipinski definition) is 2. The van der Waals surface area contributed by atoms with Crippen LogP contribution < -0.4 is 15.8 Å². The largest absolute Gasteiger partial charge is 0.489 e. The highest BCUT2D eigenvalue weighted by Gasteiger charge is 2.39. The van der Waals surface area contributed by atoms with Gasteiger partial charge in [0.25, 0.3) is 0 Å². The predicted octanol–water partition coefficient (Wildman–Crippen LogP) is 3.38. The monoisotopic (exact) mass is 337 g/mol. The van der Waals surface area contributed by atoms with Gasteiger partial charge in [-0.1, -0.05) is 18.2 Å². The van der Waals surface area contributed by atoms with Gasteiger partial charge < -0.3 is 15.8 Å². The van der Waals surface area contributed by atoms with Crippen molar-refractivity contribution in [1.82, 2.24) is 10.3 Å². The zero-order valence-electron chi connectivity index (χ0n) is 14.6. The summed E-state index contributed by atoms with van der Waals surface area (Å²) in [6.07, 6.45) is 9.65. The Labute approximate surface area is 149 Å². The van der Waals surface area contributed by atoms with Gasteiger partial charge in [0.2, 0.25) is 0 Å².